The molecule has 8 nitrogen and oxygen atoms in total. The van der Waals surface area contributed by atoms with Gasteiger partial charge in [0.15, 0.2) is 5.82 Å². The molecule has 0 atom stereocenters. The van der Waals surface area contributed by atoms with E-state index in [1.165, 1.54) is 36.5 Å². The van der Waals surface area contributed by atoms with E-state index in [1.54, 1.807) is 0 Å². The molecule has 0 saturated carbocycles. The largest absolute Gasteiger partial charge is 0.506 e. The van der Waals surface area contributed by atoms with Gasteiger partial charge in [0.25, 0.3) is 11.8 Å². The van der Waals surface area contributed by atoms with Gasteiger partial charge < -0.3 is 14.2 Å². The molecule has 0 unspecified atom stereocenters. The van der Waals surface area contributed by atoms with Gasteiger partial charge >= 0.3 is 6.18 Å². The number of hydrazone groups is 1. The van der Waals surface area contributed by atoms with Crippen LogP contribution in [0.1, 0.15) is 27.3 Å². The lowest BCUT2D eigenvalue weighted by molar-refractivity contribution is -0.137. The second kappa shape index (κ2) is 10.0. The predicted octanol–water partition coefficient (Wildman–Crippen LogP) is 5.88. The summed E-state index contributed by atoms with van der Waals surface area (Å²) in [5.41, 5.74) is 3.91. The zero-order valence-electron chi connectivity index (χ0n) is 19.3. The highest BCUT2D eigenvalue weighted by Gasteiger charge is 2.30. The SMILES string of the molecule is O=C(NN=Cc1ccc2c(ccn2Cc2noc(-c3ccc(C(F)(F)F)cc3)n2)c1)c1ccc(O)c(Cl)c1. The molecule has 5 aromatic rings. The van der Waals surface area contributed by atoms with E-state index in [9.17, 15) is 23.1 Å². The molecular formula is C26H17ClF3N5O3. The molecule has 0 fully saturated rings. The van der Waals surface area contributed by atoms with Crippen LogP contribution in [0.25, 0.3) is 22.4 Å². The average Bonchev–Trinajstić information content (AvgIpc) is 3.52. The van der Waals surface area contributed by atoms with Gasteiger partial charge in [-0.05, 0) is 66.2 Å². The molecule has 3 aromatic carbocycles. The summed E-state index contributed by atoms with van der Waals surface area (Å²) in [6.07, 6.45) is -1.08. The highest BCUT2D eigenvalue weighted by Crippen LogP contribution is 2.30. The Bertz CT molecular complexity index is 1660. The van der Waals surface area contributed by atoms with E-state index < -0.39 is 17.6 Å². The number of carbonyl (C=O) groups is 1. The maximum Gasteiger partial charge on any atom is 0.416 e. The summed E-state index contributed by atoms with van der Waals surface area (Å²) < 4.78 is 45.5. The number of phenols is 1. The van der Waals surface area contributed by atoms with Crippen molar-refractivity contribution in [3.8, 4) is 17.2 Å². The number of benzene rings is 3. The normalized spacial score (nSPS) is 11.9. The van der Waals surface area contributed by atoms with Gasteiger partial charge in [-0.1, -0.05) is 22.8 Å². The first-order valence-corrected chi connectivity index (χ1v) is 11.5. The summed E-state index contributed by atoms with van der Waals surface area (Å²) in [4.78, 5) is 16.5. The monoisotopic (exact) mass is 539 g/mol. The Morgan fingerprint density at radius 3 is 2.63 bits per heavy atom. The molecule has 192 valence electrons. The smallest absolute Gasteiger partial charge is 0.416 e. The number of fused-ring (bicyclic) bond motifs is 1. The number of carbonyl (C=O) groups excluding carboxylic acids is 1. The topological polar surface area (TPSA) is 106 Å². The summed E-state index contributed by atoms with van der Waals surface area (Å²) in [6, 6.07) is 16.1. The van der Waals surface area contributed by atoms with E-state index in [4.69, 9.17) is 16.1 Å². The number of rotatable bonds is 6. The van der Waals surface area contributed by atoms with Crippen molar-refractivity contribution in [2.75, 3.05) is 0 Å². The first kappa shape index (κ1) is 25.0. The molecule has 0 aliphatic heterocycles. The molecule has 0 aliphatic rings. The van der Waals surface area contributed by atoms with Crippen LogP contribution in [-0.4, -0.2) is 31.9 Å². The standard InChI is InChI=1S/C26H17ClF3N5O3/c27-20-12-18(4-8-22(20)36)24(37)33-31-13-15-1-7-21-17(11-15)9-10-35(21)14-23-32-25(38-34-23)16-2-5-19(6-3-16)26(28,29)30/h1-13,36H,14H2,(H,33,37). The Kier molecular flexibility index (Phi) is 6.60. The Labute approximate surface area is 218 Å². The lowest BCUT2D eigenvalue weighted by Gasteiger charge is -2.05. The lowest BCUT2D eigenvalue weighted by atomic mass is 10.1. The second-order valence-corrected chi connectivity index (χ2v) is 8.63. The van der Waals surface area contributed by atoms with Crippen LogP contribution in [0.4, 0.5) is 13.2 Å². The maximum atomic E-state index is 12.8. The van der Waals surface area contributed by atoms with Gasteiger partial charge in [-0.25, -0.2) is 5.43 Å². The van der Waals surface area contributed by atoms with Crippen LogP contribution in [0, 0.1) is 0 Å². The summed E-state index contributed by atoms with van der Waals surface area (Å²) in [5, 5.41) is 18.3. The zero-order chi connectivity index (χ0) is 26.9. The molecule has 2 heterocycles. The van der Waals surface area contributed by atoms with Crippen molar-refractivity contribution in [3.63, 3.8) is 0 Å². The van der Waals surface area contributed by atoms with Crippen LogP contribution in [0.3, 0.4) is 0 Å². The van der Waals surface area contributed by atoms with Crippen molar-refractivity contribution in [2.24, 2.45) is 5.10 Å². The van der Waals surface area contributed by atoms with Gasteiger partial charge in [0, 0.05) is 28.2 Å². The number of hydrogen-bond donors (Lipinski definition) is 2. The van der Waals surface area contributed by atoms with Crippen LogP contribution in [0.5, 0.6) is 5.75 Å². The van der Waals surface area contributed by atoms with Crippen molar-refractivity contribution in [1.82, 2.24) is 20.1 Å². The average molecular weight is 540 g/mol. The first-order valence-electron chi connectivity index (χ1n) is 11.1. The van der Waals surface area contributed by atoms with Crippen molar-refractivity contribution >= 4 is 34.6 Å². The summed E-state index contributed by atoms with van der Waals surface area (Å²) in [7, 11) is 0. The van der Waals surface area contributed by atoms with E-state index in [0.717, 1.165) is 28.6 Å². The molecule has 5 rings (SSSR count). The third-order valence-electron chi connectivity index (χ3n) is 5.62. The maximum absolute atomic E-state index is 12.8. The van der Waals surface area contributed by atoms with Crippen LogP contribution in [-0.2, 0) is 12.7 Å². The van der Waals surface area contributed by atoms with Crippen LogP contribution in [0.15, 0.2) is 82.6 Å². The molecule has 0 saturated heterocycles. The lowest BCUT2D eigenvalue weighted by Crippen LogP contribution is -2.17. The van der Waals surface area contributed by atoms with E-state index in [1.807, 2.05) is 35.0 Å². The molecule has 0 radical (unpaired) electrons. The minimum atomic E-state index is -4.42. The number of amides is 1. The molecule has 12 heteroatoms. The molecule has 1 amide bonds. The first-order chi connectivity index (χ1) is 18.2. The van der Waals surface area contributed by atoms with Gasteiger partial charge in [-0.3, -0.25) is 4.79 Å². The zero-order valence-corrected chi connectivity index (χ0v) is 20.0. The fourth-order valence-corrected chi connectivity index (χ4v) is 3.89. The number of halogens is 4. The molecule has 2 N–H and O–H groups in total. The van der Waals surface area contributed by atoms with Crippen molar-refractivity contribution in [2.45, 2.75) is 12.7 Å². The number of nitrogens with one attached hydrogen (secondary N) is 1. The molecule has 2 aromatic heterocycles. The van der Waals surface area contributed by atoms with Crippen LogP contribution >= 0.6 is 11.6 Å². The molecule has 0 bridgehead atoms. The van der Waals surface area contributed by atoms with Crippen molar-refractivity contribution < 1.29 is 27.6 Å². The van der Waals surface area contributed by atoms with Crippen LogP contribution < -0.4 is 5.43 Å². The number of aromatic nitrogens is 3. The second-order valence-electron chi connectivity index (χ2n) is 8.22. The fourth-order valence-electron chi connectivity index (χ4n) is 3.70. The minimum Gasteiger partial charge on any atom is -0.506 e. The van der Waals surface area contributed by atoms with Gasteiger partial charge in [0.2, 0.25) is 0 Å². The van der Waals surface area contributed by atoms with Crippen LogP contribution in [0.2, 0.25) is 5.02 Å². The summed E-state index contributed by atoms with van der Waals surface area (Å²) in [5.74, 6) is -0.113. The highest BCUT2D eigenvalue weighted by molar-refractivity contribution is 6.32. The third kappa shape index (κ3) is 5.37. The minimum absolute atomic E-state index is 0.0632. The van der Waals surface area contributed by atoms with E-state index in [0.29, 0.717) is 11.4 Å². The summed E-state index contributed by atoms with van der Waals surface area (Å²) in [6.45, 7) is 0.284. The quantitative estimate of drug-likeness (QED) is 0.207. The molecule has 0 aliphatic carbocycles. The summed E-state index contributed by atoms with van der Waals surface area (Å²) >= 11 is 5.83. The Morgan fingerprint density at radius 1 is 1.11 bits per heavy atom. The van der Waals surface area contributed by atoms with Gasteiger partial charge in [0.05, 0.1) is 23.3 Å². The number of phenolic OH excluding ortho intramolecular Hbond substituents is 1. The highest BCUT2D eigenvalue weighted by atomic mass is 35.5. The van der Waals surface area contributed by atoms with Gasteiger partial charge in [0.1, 0.15) is 5.75 Å². The molecular weight excluding hydrogens is 523 g/mol. The van der Waals surface area contributed by atoms with Crippen molar-refractivity contribution in [1.29, 1.82) is 0 Å². The fraction of sp³-hybridized carbons (Fsp3) is 0.0769. The predicted molar refractivity (Wildman–Crippen MR) is 134 cm³/mol. The van der Waals surface area contributed by atoms with Gasteiger partial charge in [-0.15, -0.1) is 0 Å². The van der Waals surface area contributed by atoms with Gasteiger partial charge in [-0.2, -0.15) is 23.3 Å². The molecule has 0 spiro atoms. The Hall–Kier alpha value is -4.64. The Morgan fingerprint density at radius 2 is 1.89 bits per heavy atom. The number of alkyl halides is 3. The molecule has 38 heavy (non-hydrogen) atoms. The number of nitrogens with zero attached hydrogens (tertiary/aromatic N) is 4. The third-order valence-corrected chi connectivity index (χ3v) is 5.93. The van der Waals surface area contributed by atoms with E-state index in [2.05, 4.69) is 20.7 Å². The Balaban J connectivity index is 1.25. The number of aromatic hydroxyl groups is 1. The van der Waals surface area contributed by atoms with E-state index in [-0.39, 0.29) is 28.8 Å². The van der Waals surface area contributed by atoms with E-state index >= 15 is 0 Å². The number of hydrogen-bond acceptors (Lipinski definition) is 6. The van der Waals surface area contributed by atoms with Crippen molar-refractivity contribution in [3.05, 3.63) is 100 Å².